The van der Waals surface area contributed by atoms with Gasteiger partial charge in [-0.2, -0.15) is 11.1 Å². The molecule has 2 aliphatic rings. The van der Waals surface area contributed by atoms with Gasteiger partial charge >= 0.3 is 35.6 Å². The zero-order chi connectivity index (χ0) is 13.3. The van der Waals surface area contributed by atoms with E-state index in [-0.39, 0.29) is 0 Å². The van der Waals surface area contributed by atoms with Crippen LogP contribution in [0.1, 0.15) is 40.5 Å². The second kappa shape index (κ2) is 10.2. The van der Waals surface area contributed by atoms with Crippen LogP contribution in [0, 0.1) is 12.2 Å². The van der Waals surface area contributed by atoms with Crippen molar-refractivity contribution < 1.29 is 17.0 Å². The van der Waals surface area contributed by atoms with Gasteiger partial charge in [0.2, 0.25) is 0 Å². The fourth-order valence-electron chi connectivity index (χ4n) is 1.49. The molecule has 0 nitrogen and oxygen atoms in total. The third-order valence-corrected chi connectivity index (χ3v) is 2.25. The van der Waals surface area contributed by atoms with Gasteiger partial charge in [0.25, 0.3) is 0 Å². The molecule has 0 aromatic heterocycles. The van der Waals surface area contributed by atoms with Crippen LogP contribution in [-0.4, -0.2) is 0 Å². The topological polar surface area (TPSA) is 0 Å². The Labute approximate surface area is 122 Å². The fourth-order valence-corrected chi connectivity index (χ4v) is 1.49. The summed E-state index contributed by atoms with van der Waals surface area (Å²) < 4.78 is 0. The summed E-state index contributed by atoms with van der Waals surface area (Å²) >= 11 is -0.556. The Balaban J connectivity index is 0.000000247. The molecule has 3 heteroatoms. The maximum atomic E-state index is 4.89. The summed E-state index contributed by atoms with van der Waals surface area (Å²) in [5, 5.41) is 0. The van der Waals surface area contributed by atoms with E-state index in [9.17, 15) is 0 Å². The van der Waals surface area contributed by atoms with Crippen molar-refractivity contribution >= 4 is 18.6 Å². The molecule has 2 aliphatic carbocycles. The normalized spacial score (nSPS) is 16.6. The number of halogens is 2. The van der Waals surface area contributed by atoms with E-state index in [2.05, 4.69) is 52.0 Å². The van der Waals surface area contributed by atoms with E-state index in [1.165, 1.54) is 22.3 Å². The molecule has 0 unspecified atom stereocenters. The molecule has 0 aromatic rings. The Bertz CT molecular complexity index is 315. The molecule has 0 saturated heterocycles. The molecule has 0 fully saturated rings. The van der Waals surface area contributed by atoms with Gasteiger partial charge in [-0.25, -0.2) is 23.3 Å². The van der Waals surface area contributed by atoms with E-state index >= 15 is 0 Å². The predicted molar refractivity (Wildman–Crippen MR) is 73.3 cm³/mol. The quantitative estimate of drug-likeness (QED) is 0.406. The van der Waals surface area contributed by atoms with E-state index < -0.39 is 17.0 Å². The molecule has 0 N–H and O–H groups in total. The SMILES string of the molecule is CC1=[C-]C(C)=CC1.CC1=[C-]C(C)=CC1.[Cl][Ti][Cl]. The maximum absolute atomic E-state index is 4.89. The van der Waals surface area contributed by atoms with Crippen LogP contribution in [0.4, 0.5) is 0 Å². The molecule has 0 radical (unpaired) electrons. The molecular weight excluding hydrogens is 287 g/mol. The van der Waals surface area contributed by atoms with Crippen molar-refractivity contribution in [2.24, 2.45) is 0 Å². The molecule has 0 heterocycles. The Morgan fingerprint density at radius 1 is 0.882 bits per heavy atom. The van der Waals surface area contributed by atoms with E-state index in [4.69, 9.17) is 18.6 Å². The third-order valence-electron chi connectivity index (χ3n) is 2.25. The van der Waals surface area contributed by atoms with Crippen molar-refractivity contribution in [2.75, 3.05) is 0 Å². The van der Waals surface area contributed by atoms with Crippen molar-refractivity contribution in [1.29, 1.82) is 0 Å². The van der Waals surface area contributed by atoms with Gasteiger partial charge in [0.1, 0.15) is 0 Å². The van der Waals surface area contributed by atoms with Crippen molar-refractivity contribution in [2.45, 2.75) is 40.5 Å². The molecule has 0 aliphatic heterocycles. The third kappa shape index (κ3) is 9.91. The number of rotatable bonds is 0. The van der Waals surface area contributed by atoms with Crippen LogP contribution in [0.15, 0.2) is 34.4 Å². The molecule has 0 atom stereocenters. The van der Waals surface area contributed by atoms with Crippen molar-refractivity contribution in [3.8, 4) is 0 Å². The van der Waals surface area contributed by atoms with Crippen molar-refractivity contribution in [1.82, 2.24) is 0 Å². The molecule has 0 bridgehead atoms. The van der Waals surface area contributed by atoms with Gasteiger partial charge in [-0.1, -0.05) is 40.5 Å². The van der Waals surface area contributed by atoms with E-state index in [0.29, 0.717) is 0 Å². The summed E-state index contributed by atoms with van der Waals surface area (Å²) in [6.07, 6.45) is 13.0. The summed E-state index contributed by atoms with van der Waals surface area (Å²) in [4.78, 5) is 0. The summed E-state index contributed by atoms with van der Waals surface area (Å²) in [7, 11) is 9.78. The minimum atomic E-state index is -0.556. The van der Waals surface area contributed by atoms with Crippen LogP contribution >= 0.6 is 18.6 Å². The first kappa shape index (κ1) is 17.3. The zero-order valence-electron chi connectivity index (χ0n) is 10.8. The molecule has 17 heavy (non-hydrogen) atoms. The van der Waals surface area contributed by atoms with Crippen LogP contribution in [-0.2, 0) is 17.0 Å². The molecule has 0 aromatic carbocycles. The summed E-state index contributed by atoms with van der Waals surface area (Å²) in [5.41, 5.74) is 5.30. The van der Waals surface area contributed by atoms with Crippen molar-refractivity contribution in [3.05, 3.63) is 46.6 Å². The second-order valence-corrected chi connectivity index (χ2v) is 6.64. The van der Waals surface area contributed by atoms with E-state index in [1.54, 1.807) is 0 Å². The molecule has 94 valence electrons. The van der Waals surface area contributed by atoms with Crippen molar-refractivity contribution in [3.63, 3.8) is 0 Å². The first-order chi connectivity index (χ1) is 7.99. The van der Waals surface area contributed by atoms with Gasteiger partial charge in [-0.3, -0.25) is 12.2 Å². The Kier molecular flexibility index (Phi) is 10.4. The molecule has 0 spiro atoms. The van der Waals surface area contributed by atoms with Gasteiger partial charge in [0, 0.05) is 0 Å². The van der Waals surface area contributed by atoms with Gasteiger partial charge in [0.15, 0.2) is 0 Å². The average molecular weight is 305 g/mol. The zero-order valence-corrected chi connectivity index (χ0v) is 13.9. The first-order valence-electron chi connectivity index (χ1n) is 5.48. The summed E-state index contributed by atoms with van der Waals surface area (Å²) in [6.45, 7) is 8.37. The van der Waals surface area contributed by atoms with Gasteiger partial charge in [0.05, 0.1) is 0 Å². The predicted octanol–water partition coefficient (Wildman–Crippen LogP) is 5.55. The first-order valence-corrected chi connectivity index (χ1v) is 9.78. The van der Waals surface area contributed by atoms with Crippen LogP contribution < -0.4 is 0 Å². The van der Waals surface area contributed by atoms with E-state index in [1.807, 2.05) is 0 Å². The molecular formula is C14H18Cl2Ti-2. The number of hydrogen-bond acceptors (Lipinski definition) is 0. The summed E-state index contributed by atoms with van der Waals surface area (Å²) in [5.74, 6) is 0. The van der Waals surface area contributed by atoms with Crippen LogP contribution in [0.3, 0.4) is 0 Å². The second-order valence-electron chi connectivity index (χ2n) is 4.06. The molecule has 0 amide bonds. The number of allylic oxidation sites excluding steroid dienone is 8. The van der Waals surface area contributed by atoms with Crippen LogP contribution in [0.2, 0.25) is 0 Å². The molecule has 0 saturated carbocycles. The summed E-state index contributed by atoms with van der Waals surface area (Å²) in [6, 6.07) is 0. The Hall–Kier alpha value is 0.254. The Morgan fingerprint density at radius 3 is 1.24 bits per heavy atom. The van der Waals surface area contributed by atoms with Crippen LogP contribution in [0.25, 0.3) is 0 Å². The fraction of sp³-hybridized carbons (Fsp3) is 0.429. The average Bonchev–Trinajstić information content (AvgIpc) is 2.78. The number of hydrogen-bond donors (Lipinski definition) is 0. The minimum absolute atomic E-state index is 0.556. The van der Waals surface area contributed by atoms with Gasteiger partial charge in [-0.05, 0) is 0 Å². The van der Waals surface area contributed by atoms with Gasteiger partial charge in [-0.15, -0.1) is 0 Å². The molecule has 2 rings (SSSR count). The standard InChI is InChI=1S/2C7H9.2ClH.Ti/c2*1-6-3-4-7(2)5-6;;;/h2*3H,4H2,1-2H3;2*1H;/q2*-1;;;+2/p-2. The van der Waals surface area contributed by atoms with E-state index in [0.717, 1.165) is 12.8 Å². The monoisotopic (exact) mass is 304 g/mol. The Morgan fingerprint density at radius 2 is 1.18 bits per heavy atom. The van der Waals surface area contributed by atoms with Gasteiger partial charge < -0.3 is 0 Å². The van der Waals surface area contributed by atoms with Crippen LogP contribution in [0.5, 0.6) is 0 Å².